The Hall–Kier alpha value is -1.40. The third-order valence-corrected chi connectivity index (χ3v) is 2.75. The van der Waals surface area contributed by atoms with Crippen LogP contribution in [0.4, 0.5) is 0 Å². The van der Waals surface area contributed by atoms with E-state index in [1.54, 1.807) is 0 Å². The second-order valence-electron chi connectivity index (χ2n) is 3.90. The number of β-amino-alcohol motifs (C(OH)–C–C–N with tert-alkyl or cyclic N) is 2. The zero-order valence-corrected chi connectivity index (χ0v) is 9.17. The highest BCUT2D eigenvalue weighted by molar-refractivity contribution is 6.01. The van der Waals surface area contributed by atoms with E-state index in [0.29, 0.717) is 0 Å². The van der Waals surface area contributed by atoms with Gasteiger partial charge >= 0.3 is 5.97 Å². The first-order chi connectivity index (χ1) is 7.34. The average Bonchev–Trinajstić information content (AvgIpc) is 2.55. The summed E-state index contributed by atoms with van der Waals surface area (Å²) in [7, 11) is 0. The van der Waals surface area contributed by atoms with E-state index in [1.165, 1.54) is 18.7 Å². The molecule has 16 heavy (non-hydrogen) atoms. The highest BCUT2D eigenvalue weighted by Crippen LogP contribution is 2.15. The molecule has 1 heterocycles. The maximum absolute atomic E-state index is 11.8. The number of likely N-dealkylation sites (tertiary alicyclic amines) is 1. The molecule has 90 valence electrons. The Labute approximate surface area is 92.8 Å². The maximum Gasteiger partial charge on any atom is 0.331 e. The quantitative estimate of drug-likeness (QED) is 0.526. The third-order valence-electron chi connectivity index (χ3n) is 2.75. The number of carbonyl (C=O) groups is 2. The van der Waals surface area contributed by atoms with Crippen LogP contribution in [0.15, 0.2) is 11.1 Å². The van der Waals surface area contributed by atoms with Gasteiger partial charge in [0.05, 0.1) is 12.2 Å². The first-order valence-electron chi connectivity index (χ1n) is 4.90. The summed E-state index contributed by atoms with van der Waals surface area (Å²) in [4.78, 5) is 23.7. The van der Waals surface area contributed by atoms with E-state index >= 15 is 0 Å². The van der Waals surface area contributed by atoms with Gasteiger partial charge in [-0.2, -0.15) is 0 Å². The molecule has 0 radical (unpaired) electrons. The van der Waals surface area contributed by atoms with E-state index in [4.69, 9.17) is 5.11 Å². The van der Waals surface area contributed by atoms with Gasteiger partial charge in [0.15, 0.2) is 0 Å². The van der Waals surface area contributed by atoms with E-state index < -0.39 is 24.1 Å². The van der Waals surface area contributed by atoms with E-state index in [0.717, 1.165) is 0 Å². The SMILES string of the molecule is CC(C(=O)O)=C(C)C(=O)N1C[C@@H](O)[C@@H](O)C1. The molecule has 1 rings (SSSR count). The molecule has 1 aliphatic rings. The van der Waals surface area contributed by atoms with Crippen molar-refractivity contribution in [3.8, 4) is 0 Å². The minimum atomic E-state index is -1.15. The van der Waals surface area contributed by atoms with Crippen LogP contribution in [0, 0.1) is 0 Å². The van der Waals surface area contributed by atoms with Gasteiger partial charge < -0.3 is 20.2 Å². The highest BCUT2D eigenvalue weighted by atomic mass is 16.4. The van der Waals surface area contributed by atoms with Crippen molar-refractivity contribution in [1.29, 1.82) is 0 Å². The number of carboxylic acids is 1. The summed E-state index contributed by atoms with van der Waals surface area (Å²) in [5, 5.41) is 27.3. The molecule has 0 aromatic rings. The average molecular weight is 229 g/mol. The summed E-state index contributed by atoms with van der Waals surface area (Å²) in [5.74, 6) is -1.61. The zero-order valence-electron chi connectivity index (χ0n) is 9.17. The second kappa shape index (κ2) is 4.63. The number of aliphatic hydroxyl groups is 2. The summed E-state index contributed by atoms with van der Waals surface area (Å²) in [6, 6.07) is 0. The third kappa shape index (κ3) is 2.40. The summed E-state index contributed by atoms with van der Waals surface area (Å²) >= 11 is 0. The smallest absolute Gasteiger partial charge is 0.331 e. The predicted molar refractivity (Wildman–Crippen MR) is 54.6 cm³/mol. The summed E-state index contributed by atoms with van der Waals surface area (Å²) in [5.41, 5.74) is 0.0923. The van der Waals surface area contributed by atoms with Crippen molar-refractivity contribution in [2.24, 2.45) is 0 Å². The van der Waals surface area contributed by atoms with Crippen molar-refractivity contribution in [1.82, 2.24) is 4.90 Å². The lowest BCUT2D eigenvalue weighted by Crippen LogP contribution is -2.31. The number of aliphatic carboxylic acids is 1. The molecule has 3 N–H and O–H groups in total. The molecule has 1 aliphatic heterocycles. The van der Waals surface area contributed by atoms with Crippen LogP contribution in [0.5, 0.6) is 0 Å². The Morgan fingerprint density at radius 3 is 1.88 bits per heavy atom. The van der Waals surface area contributed by atoms with Gasteiger partial charge in [-0.3, -0.25) is 4.79 Å². The fourth-order valence-corrected chi connectivity index (χ4v) is 1.49. The molecule has 6 nitrogen and oxygen atoms in total. The van der Waals surface area contributed by atoms with Crippen molar-refractivity contribution < 1.29 is 24.9 Å². The summed E-state index contributed by atoms with van der Waals surface area (Å²) in [6.45, 7) is 2.83. The molecule has 0 saturated carbocycles. The van der Waals surface area contributed by atoms with Crippen LogP contribution in [-0.4, -0.2) is 57.4 Å². The molecule has 0 aromatic heterocycles. The normalized spacial score (nSPS) is 26.6. The van der Waals surface area contributed by atoms with Crippen LogP contribution < -0.4 is 0 Å². The van der Waals surface area contributed by atoms with Gasteiger partial charge in [0.25, 0.3) is 0 Å². The Morgan fingerprint density at radius 1 is 1.06 bits per heavy atom. The zero-order chi connectivity index (χ0) is 12.5. The second-order valence-corrected chi connectivity index (χ2v) is 3.90. The van der Waals surface area contributed by atoms with Crippen molar-refractivity contribution in [3.05, 3.63) is 11.1 Å². The fraction of sp³-hybridized carbons (Fsp3) is 0.600. The van der Waals surface area contributed by atoms with Crippen molar-refractivity contribution in [3.63, 3.8) is 0 Å². The highest BCUT2D eigenvalue weighted by Gasteiger charge is 2.33. The monoisotopic (exact) mass is 229 g/mol. The van der Waals surface area contributed by atoms with Gasteiger partial charge in [-0.25, -0.2) is 4.79 Å². The topological polar surface area (TPSA) is 98.1 Å². The number of rotatable bonds is 2. The Balaban J connectivity index is 2.81. The molecule has 2 atom stereocenters. The number of nitrogens with zero attached hydrogens (tertiary/aromatic N) is 1. The van der Waals surface area contributed by atoms with Crippen LogP contribution in [0.25, 0.3) is 0 Å². The van der Waals surface area contributed by atoms with Crippen LogP contribution in [-0.2, 0) is 9.59 Å². The minimum absolute atomic E-state index is 0.0270. The van der Waals surface area contributed by atoms with Gasteiger partial charge in [0, 0.05) is 24.2 Å². The van der Waals surface area contributed by atoms with Crippen molar-refractivity contribution in [2.45, 2.75) is 26.1 Å². The van der Waals surface area contributed by atoms with Crippen molar-refractivity contribution in [2.75, 3.05) is 13.1 Å². The molecule has 0 aromatic carbocycles. The number of amides is 1. The largest absolute Gasteiger partial charge is 0.478 e. The van der Waals surface area contributed by atoms with Crippen LogP contribution in [0.3, 0.4) is 0 Å². The van der Waals surface area contributed by atoms with Crippen LogP contribution in [0.1, 0.15) is 13.8 Å². The lowest BCUT2D eigenvalue weighted by atomic mass is 10.1. The Bertz CT molecular complexity index is 339. The number of carboxylic acid groups (broad SMARTS) is 1. The standard InChI is InChI=1S/C10H15NO5/c1-5(6(2)10(15)16)9(14)11-3-7(12)8(13)4-11/h7-8,12-13H,3-4H2,1-2H3,(H,15,16)/t7-,8+. The number of hydrogen-bond acceptors (Lipinski definition) is 4. The fourth-order valence-electron chi connectivity index (χ4n) is 1.49. The lowest BCUT2D eigenvalue weighted by Gasteiger charge is -2.16. The molecule has 1 fully saturated rings. The van der Waals surface area contributed by atoms with E-state index in [1.807, 2.05) is 0 Å². The molecule has 6 heteroatoms. The lowest BCUT2D eigenvalue weighted by molar-refractivity contribution is -0.133. The Kier molecular flexibility index (Phi) is 3.66. The van der Waals surface area contributed by atoms with Gasteiger partial charge in [-0.15, -0.1) is 0 Å². The van der Waals surface area contributed by atoms with Crippen molar-refractivity contribution >= 4 is 11.9 Å². The first kappa shape index (κ1) is 12.7. The number of hydrogen-bond donors (Lipinski definition) is 3. The molecule has 0 aliphatic carbocycles. The maximum atomic E-state index is 11.8. The minimum Gasteiger partial charge on any atom is -0.478 e. The number of aliphatic hydroxyl groups excluding tert-OH is 2. The first-order valence-corrected chi connectivity index (χ1v) is 4.90. The van der Waals surface area contributed by atoms with Crippen LogP contribution in [0.2, 0.25) is 0 Å². The molecule has 1 saturated heterocycles. The van der Waals surface area contributed by atoms with E-state index in [2.05, 4.69) is 0 Å². The molecule has 0 unspecified atom stereocenters. The van der Waals surface area contributed by atoms with Gasteiger partial charge in [0.2, 0.25) is 5.91 Å². The molecule has 0 bridgehead atoms. The van der Waals surface area contributed by atoms with Gasteiger partial charge in [-0.1, -0.05) is 0 Å². The molecular formula is C10H15NO5. The van der Waals surface area contributed by atoms with E-state index in [9.17, 15) is 19.8 Å². The van der Waals surface area contributed by atoms with Crippen LogP contribution >= 0.6 is 0 Å². The summed E-state index contributed by atoms with van der Waals surface area (Å²) in [6.07, 6.45) is -1.91. The summed E-state index contributed by atoms with van der Waals surface area (Å²) < 4.78 is 0. The number of carbonyl (C=O) groups excluding carboxylic acids is 1. The van der Waals surface area contributed by atoms with E-state index in [-0.39, 0.29) is 24.2 Å². The van der Waals surface area contributed by atoms with Gasteiger partial charge in [0.1, 0.15) is 0 Å². The van der Waals surface area contributed by atoms with Gasteiger partial charge in [-0.05, 0) is 13.8 Å². The predicted octanol–water partition coefficient (Wildman–Crippen LogP) is -1.03. The molecule has 0 spiro atoms. The molecular weight excluding hydrogens is 214 g/mol. The Morgan fingerprint density at radius 2 is 1.50 bits per heavy atom. The molecule has 1 amide bonds.